The maximum Gasteiger partial charge on any atom is 0.312 e. The predicted octanol–water partition coefficient (Wildman–Crippen LogP) is 1.52. The van der Waals surface area contributed by atoms with Crippen molar-refractivity contribution in [3.8, 4) is 5.75 Å². The summed E-state index contributed by atoms with van der Waals surface area (Å²) < 4.78 is 15.7. The molecule has 2 heterocycles. The van der Waals surface area contributed by atoms with E-state index in [1.54, 1.807) is 7.11 Å². The van der Waals surface area contributed by atoms with Crippen molar-refractivity contribution < 1.29 is 19.0 Å². The van der Waals surface area contributed by atoms with E-state index in [1.165, 1.54) is 7.11 Å². The molecule has 3 atom stereocenters. The van der Waals surface area contributed by atoms with Crippen LogP contribution in [0.2, 0.25) is 0 Å². The topological polar surface area (TPSA) is 44.8 Å². The lowest BCUT2D eigenvalue weighted by Gasteiger charge is -2.43. The summed E-state index contributed by atoms with van der Waals surface area (Å²) in [4.78, 5) is 11.8. The van der Waals surface area contributed by atoms with E-state index in [0.29, 0.717) is 6.61 Å². The number of carbonyl (C=O) groups excluding carboxylic acids is 1. The Morgan fingerprint density at radius 3 is 2.61 bits per heavy atom. The van der Waals surface area contributed by atoms with E-state index < -0.39 is 0 Å². The van der Waals surface area contributed by atoms with Crippen molar-refractivity contribution >= 4 is 5.97 Å². The van der Waals surface area contributed by atoms with Gasteiger partial charge in [-0.15, -0.1) is 0 Å². The minimum absolute atomic E-state index is 0.0274. The maximum absolute atomic E-state index is 11.8. The Labute approximate surface area is 106 Å². The zero-order chi connectivity index (χ0) is 12.8. The fourth-order valence-electron chi connectivity index (χ4n) is 3.17. The highest BCUT2D eigenvalue weighted by Gasteiger charge is 2.65. The van der Waals surface area contributed by atoms with Crippen LogP contribution >= 0.6 is 0 Å². The van der Waals surface area contributed by atoms with Gasteiger partial charge in [0.1, 0.15) is 5.75 Å². The van der Waals surface area contributed by atoms with Gasteiger partial charge in [0.15, 0.2) is 0 Å². The largest absolute Gasteiger partial charge is 0.497 e. The second-order valence-electron chi connectivity index (χ2n) is 4.94. The molecule has 0 spiro atoms. The quantitative estimate of drug-likeness (QED) is 0.761. The molecule has 1 aromatic carbocycles. The normalized spacial score (nSPS) is 32.8. The number of fused-ring (bicyclic) bond motifs is 1. The van der Waals surface area contributed by atoms with Crippen molar-refractivity contribution in [2.75, 3.05) is 20.8 Å². The van der Waals surface area contributed by atoms with Crippen LogP contribution < -0.4 is 4.74 Å². The van der Waals surface area contributed by atoms with Crippen LogP contribution in [0.1, 0.15) is 12.0 Å². The summed E-state index contributed by atoms with van der Waals surface area (Å²) in [7, 11) is 3.07. The van der Waals surface area contributed by atoms with Gasteiger partial charge in [0, 0.05) is 5.41 Å². The van der Waals surface area contributed by atoms with Crippen molar-refractivity contribution in [1.82, 2.24) is 0 Å². The molecular formula is C14H16O4. The fourth-order valence-corrected chi connectivity index (χ4v) is 3.17. The van der Waals surface area contributed by atoms with Crippen LogP contribution in [0.5, 0.6) is 5.75 Å². The SMILES string of the molecule is COC(=O)C1C2CC1(c1ccc(OC)cc1)CO2. The van der Waals surface area contributed by atoms with Crippen molar-refractivity contribution in [3.63, 3.8) is 0 Å². The smallest absolute Gasteiger partial charge is 0.312 e. The standard InChI is InChI=1S/C14H16O4/c1-16-10-5-3-9(4-6-10)14-7-11(18-8-14)12(14)13(15)17-2/h3-6,11-12H,7-8H2,1-2H3. The van der Waals surface area contributed by atoms with Crippen LogP contribution in [-0.2, 0) is 19.7 Å². The summed E-state index contributed by atoms with van der Waals surface area (Å²) in [6, 6.07) is 7.87. The van der Waals surface area contributed by atoms with Gasteiger partial charge in [0.2, 0.25) is 0 Å². The minimum Gasteiger partial charge on any atom is -0.497 e. The molecule has 1 aromatic rings. The summed E-state index contributed by atoms with van der Waals surface area (Å²) >= 11 is 0. The molecule has 2 bridgehead atoms. The number of hydrogen-bond donors (Lipinski definition) is 0. The number of rotatable bonds is 3. The fraction of sp³-hybridized carbons (Fsp3) is 0.500. The lowest BCUT2D eigenvalue weighted by Crippen LogP contribution is -2.52. The van der Waals surface area contributed by atoms with E-state index in [-0.39, 0.29) is 23.4 Å². The first-order valence-electron chi connectivity index (χ1n) is 6.05. The first-order chi connectivity index (χ1) is 8.71. The van der Waals surface area contributed by atoms with Crippen LogP contribution in [0.3, 0.4) is 0 Å². The molecule has 4 nitrogen and oxygen atoms in total. The van der Waals surface area contributed by atoms with E-state index in [0.717, 1.165) is 17.7 Å². The van der Waals surface area contributed by atoms with E-state index in [1.807, 2.05) is 24.3 Å². The average molecular weight is 248 g/mol. The number of benzene rings is 1. The van der Waals surface area contributed by atoms with Gasteiger partial charge in [-0.3, -0.25) is 4.79 Å². The number of methoxy groups -OCH3 is 2. The molecule has 0 amide bonds. The molecule has 0 radical (unpaired) electrons. The van der Waals surface area contributed by atoms with Gasteiger partial charge in [-0.1, -0.05) is 12.1 Å². The summed E-state index contributed by atoms with van der Waals surface area (Å²) in [5.41, 5.74) is 0.941. The van der Waals surface area contributed by atoms with Gasteiger partial charge in [-0.2, -0.15) is 0 Å². The number of ether oxygens (including phenoxy) is 3. The number of hydrogen-bond acceptors (Lipinski definition) is 4. The molecule has 3 aliphatic rings. The molecule has 4 rings (SSSR count). The van der Waals surface area contributed by atoms with E-state index >= 15 is 0 Å². The number of carbonyl (C=O) groups is 1. The van der Waals surface area contributed by atoms with Gasteiger partial charge in [0.05, 0.1) is 32.8 Å². The summed E-state index contributed by atoms with van der Waals surface area (Å²) in [6.07, 6.45) is 0.929. The Morgan fingerprint density at radius 2 is 2.06 bits per heavy atom. The van der Waals surface area contributed by atoms with E-state index in [9.17, 15) is 4.79 Å². The minimum atomic E-state index is -0.190. The molecule has 3 unspecified atom stereocenters. The Morgan fingerprint density at radius 1 is 1.33 bits per heavy atom. The van der Waals surface area contributed by atoms with Gasteiger partial charge in [0.25, 0.3) is 0 Å². The third-order valence-electron chi connectivity index (χ3n) is 4.21. The summed E-state index contributed by atoms with van der Waals surface area (Å²) in [5.74, 6) is 0.495. The van der Waals surface area contributed by atoms with E-state index in [2.05, 4.69) is 0 Å². The van der Waals surface area contributed by atoms with Gasteiger partial charge in [-0.05, 0) is 24.1 Å². The molecule has 3 fully saturated rings. The van der Waals surface area contributed by atoms with Crippen LogP contribution in [0, 0.1) is 5.92 Å². The third-order valence-corrected chi connectivity index (χ3v) is 4.21. The van der Waals surface area contributed by atoms with E-state index in [4.69, 9.17) is 14.2 Å². The second-order valence-corrected chi connectivity index (χ2v) is 4.94. The van der Waals surface area contributed by atoms with Crippen molar-refractivity contribution in [2.45, 2.75) is 17.9 Å². The monoisotopic (exact) mass is 248 g/mol. The zero-order valence-electron chi connectivity index (χ0n) is 10.5. The van der Waals surface area contributed by atoms with Crippen LogP contribution in [0.15, 0.2) is 24.3 Å². The van der Waals surface area contributed by atoms with Crippen molar-refractivity contribution in [1.29, 1.82) is 0 Å². The average Bonchev–Trinajstić information content (AvgIpc) is 2.98. The molecule has 2 saturated heterocycles. The van der Waals surface area contributed by atoms with Crippen molar-refractivity contribution in [3.05, 3.63) is 29.8 Å². The predicted molar refractivity (Wildman–Crippen MR) is 64.5 cm³/mol. The molecule has 0 N–H and O–H groups in total. The highest BCUT2D eigenvalue weighted by molar-refractivity contribution is 5.78. The molecule has 1 saturated carbocycles. The number of esters is 1. The van der Waals surface area contributed by atoms with Crippen LogP contribution in [-0.4, -0.2) is 32.9 Å². The molecular weight excluding hydrogens is 232 g/mol. The first-order valence-corrected chi connectivity index (χ1v) is 6.05. The summed E-state index contributed by atoms with van der Waals surface area (Å²) in [6.45, 7) is 0.601. The Hall–Kier alpha value is -1.55. The van der Waals surface area contributed by atoms with Crippen LogP contribution in [0.4, 0.5) is 0 Å². The maximum atomic E-state index is 11.8. The van der Waals surface area contributed by atoms with Crippen molar-refractivity contribution in [2.24, 2.45) is 5.92 Å². The molecule has 0 aromatic heterocycles. The Balaban J connectivity index is 1.92. The molecule has 18 heavy (non-hydrogen) atoms. The highest BCUT2D eigenvalue weighted by atomic mass is 16.5. The third kappa shape index (κ3) is 1.38. The molecule has 4 heteroatoms. The Kier molecular flexibility index (Phi) is 2.55. The highest BCUT2D eigenvalue weighted by Crippen LogP contribution is 2.56. The van der Waals surface area contributed by atoms with Gasteiger partial charge < -0.3 is 14.2 Å². The zero-order valence-corrected chi connectivity index (χ0v) is 10.5. The molecule has 96 valence electrons. The lowest BCUT2D eigenvalue weighted by molar-refractivity contribution is -0.154. The summed E-state index contributed by atoms with van der Waals surface area (Å²) in [5, 5.41) is 0. The van der Waals surface area contributed by atoms with Gasteiger partial charge in [-0.25, -0.2) is 0 Å². The first kappa shape index (κ1) is 11.5. The molecule has 1 aliphatic carbocycles. The molecule has 2 aliphatic heterocycles. The lowest BCUT2D eigenvalue weighted by atomic mass is 9.57. The van der Waals surface area contributed by atoms with Crippen LogP contribution in [0.25, 0.3) is 0 Å². The van der Waals surface area contributed by atoms with Gasteiger partial charge >= 0.3 is 5.97 Å². The Bertz CT molecular complexity index is 463. The second kappa shape index (κ2) is 3.99.